The van der Waals surface area contributed by atoms with Gasteiger partial charge in [-0.15, -0.1) is 0 Å². The number of hydrogen-bond acceptors (Lipinski definition) is 1. The fourth-order valence-electron chi connectivity index (χ4n) is 0. The first kappa shape index (κ1) is 9.50. The molecule has 0 bridgehead atoms. The van der Waals surface area contributed by atoms with Crippen molar-refractivity contribution in [3.8, 4) is 0 Å². The largest absolute Gasteiger partial charge is 0.339 e. The van der Waals surface area contributed by atoms with Gasteiger partial charge in [-0.05, 0) is 12.2 Å². The van der Waals surface area contributed by atoms with Crippen LogP contribution in [0.3, 0.4) is 0 Å². The fraction of sp³-hybridized carbons (Fsp3) is 0.500. The van der Waals surface area contributed by atoms with Gasteiger partial charge in [0.1, 0.15) is 0 Å². The van der Waals surface area contributed by atoms with Crippen molar-refractivity contribution in [2.75, 3.05) is 0 Å². The number of rotatable bonds is 1. The molecule has 0 amide bonds. The summed E-state index contributed by atoms with van der Waals surface area (Å²) < 4.78 is 0. The molecule has 6 heavy (non-hydrogen) atoms. The third-order valence-electron chi connectivity index (χ3n) is 0.394. The molecule has 1 radical (unpaired) electrons. The number of hydrogen-bond donors (Lipinski definition) is 0. The van der Waals surface area contributed by atoms with Crippen LogP contribution in [0.4, 0.5) is 0 Å². The third kappa shape index (κ3) is 8.89. The van der Waals surface area contributed by atoms with Crippen LogP contribution in [0.15, 0.2) is 0 Å². The van der Waals surface area contributed by atoms with E-state index < -0.39 is 0 Å². The van der Waals surface area contributed by atoms with Gasteiger partial charge in [-0.1, -0.05) is 6.92 Å². The van der Waals surface area contributed by atoms with Gasteiger partial charge in [-0.2, -0.15) is 0 Å². The van der Waals surface area contributed by atoms with Crippen LogP contribution >= 0.6 is 0 Å². The zero-order valence-corrected chi connectivity index (χ0v) is 6.05. The Kier molecular flexibility index (Phi) is 8.21. The maximum Gasteiger partial charge on any atom is 0 e. The molecule has 0 aliphatic rings. The Bertz CT molecular complexity index is 42.8. The summed E-state index contributed by atoms with van der Waals surface area (Å²) in [6, 6.07) is 0. The van der Waals surface area contributed by atoms with Gasteiger partial charge in [-0.3, -0.25) is 0 Å². The average molecular weight is 263 g/mol. The minimum Gasteiger partial charge on any atom is -0.339 e. The van der Waals surface area contributed by atoms with Gasteiger partial charge >= 0.3 is 0 Å². The van der Waals surface area contributed by atoms with Gasteiger partial charge < -0.3 is 11.7 Å². The Balaban J connectivity index is 0. The summed E-state index contributed by atoms with van der Waals surface area (Å²) in [6.07, 6.45) is 0.556. The van der Waals surface area contributed by atoms with E-state index in [0.29, 0.717) is 6.42 Å². The van der Waals surface area contributed by atoms with Crippen LogP contribution in [-0.4, -0.2) is 5.78 Å². The molecule has 0 rings (SSSR count). The quantitative estimate of drug-likeness (QED) is 0.640. The van der Waals surface area contributed by atoms with Crippen LogP contribution in [0.2, 0.25) is 0 Å². The summed E-state index contributed by atoms with van der Waals surface area (Å²) in [5.41, 5.74) is 0. The zero-order chi connectivity index (χ0) is 4.28. The average Bonchev–Trinajstić information content (AvgIpc) is 1.38. The standard InChI is InChI=1S/C4H7O.Ir/c1-3-4(2)5;/h2-3H2,1H3;/q-1;. The molecule has 2 heteroatoms. The van der Waals surface area contributed by atoms with Gasteiger partial charge in [0.25, 0.3) is 0 Å². The van der Waals surface area contributed by atoms with Gasteiger partial charge in [-0.25, -0.2) is 0 Å². The molecule has 0 aliphatic carbocycles. The number of Topliss-reactive ketones (excluding diaryl/α,β-unsaturated/α-hetero) is 1. The Morgan fingerprint density at radius 2 is 2.00 bits per heavy atom. The van der Waals surface area contributed by atoms with E-state index in [1.54, 1.807) is 6.92 Å². The first-order valence-corrected chi connectivity index (χ1v) is 1.62. The SMILES string of the molecule is [CH2-]C(=O)CC.[Ir]. The third-order valence-corrected chi connectivity index (χ3v) is 0.394. The Morgan fingerprint density at radius 1 is 1.83 bits per heavy atom. The second-order valence-corrected chi connectivity index (χ2v) is 0.892. The fourth-order valence-corrected chi connectivity index (χ4v) is 0. The summed E-state index contributed by atoms with van der Waals surface area (Å²) in [6.45, 7) is 4.91. The molecular formula is C4H7IrO-. The van der Waals surface area contributed by atoms with E-state index in [1.807, 2.05) is 0 Å². The Morgan fingerprint density at radius 3 is 2.00 bits per heavy atom. The Labute approximate surface area is 51.5 Å². The van der Waals surface area contributed by atoms with Crippen LogP contribution in [-0.2, 0) is 24.9 Å². The van der Waals surface area contributed by atoms with Crippen molar-refractivity contribution in [1.82, 2.24) is 0 Å². The molecule has 0 heterocycles. The van der Waals surface area contributed by atoms with Crippen molar-refractivity contribution >= 4 is 5.78 Å². The van der Waals surface area contributed by atoms with E-state index in [9.17, 15) is 4.79 Å². The van der Waals surface area contributed by atoms with E-state index in [2.05, 4.69) is 6.92 Å². The maximum absolute atomic E-state index is 9.70. The van der Waals surface area contributed by atoms with Crippen LogP contribution in [0.25, 0.3) is 0 Å². The molecule has 0 unspecified atom stereocenters. The molecule has 0 fully saturated rings. The number of ketones is 1. The smallest absolute Gasteiger partial charge is 0 e. The summed E-state index contributed by atoms with van der Waals surface area (Å²) in [7, 11) is 0. The van der Waals surface area contributed by atoms with E-state index in [-0.39, 0.29) is 25.9 Å². The van der Waals surface area contributed by atoms with Gasteiger partial charge in [0.2, 0.25) is 0 Å². The van der Waals surface area contributed by atoms with E-state index >= 15 is 0 Å². The first-order chi connectivity index (χ1) is 2.27. The van der Waals surface area contributed by atoms with Gasteiger partial charge in [0.15, 0.2) is 0 Å². The van der Waals surface area contributed by atoms with E-state index in [0.717, 1.165) is 0 Å². The first-order valence-electron chi connectivity index (χ1n) is 1.62. The van der Waals surface area contributed by atoms with E-state index in [4.69, 9.17) is 0 Å². The minimum absolute atomic E-state index is 0. The molecular weight excluding hydrogens is 256 g/mol. The van der Waals surface area contributed by atoms with Crippen molar-refractivity contribution in [1.29, 1.82) is 0 Å². The zero-order valence-electron chi connectivity index (χ0n) is 3.66. The molecule has 0 spiro atoms. The van der Waals surface area contributed by atoms with Crippen molar-refractivity contribution in [2.24, 2.45) is 0 Å². The molecule has 0 aromatic carbocycles. The summed E-state index contributed by atoms with van der Waals surface area (Å²) in [4.78, 5) is 9.70. The molecule has 39 valence electrons. The molecule has 0 aromatic heterocycles. The second-order valence-electron chi connectivity index (χ2n) is 0.892. The predicted molar refractivity (Wildman–Crippen MR) is 20.7 cm³/mol. The molecule has 0 aromatic rings. The molecule has 0 saturated carbocycles. The molecule has 0 atom stereocenters. The molecule has 0 N–H and O–H groups in total. The van der Waals surface area contributed by atoms with Crippen molar-refractivity contribution in [2.45, 2.75) is 13.3 Å². The molecule has 0 saturated heterocycles. The van der Waals surface area contributed by atoms with Crippen LogP contribution in [0.5, 0.6) is 0 Å². The normalized spacial score (nSPS) is 6.17. The van der Waals surface area contributed by atoms with Gasteiger partial charge in [0, 0.05) is 20.1 Å². The monoisotopic (exact) mass is 264 g/mol. The topological polar surface area (TPSA) is 17.1 Å². The van der Waals surface area contributed by atoms with E-state index in [1.165, 1.54) is 0 Å². The Hall–Kier alpha value is 0.189. The van der Waals surface area contributed by atoms with Crippen molar-refractivity contribution in [3.05, 3.63) is 6.92 Å². The van der Waals surface area contributed by atoms with Crippen LogP contribution in [0.1, 0.15) is 13.3 Å². The van der Waals surface area contributed by atoms with Crippen molar-refractivity contribution < 1.29 is 24.9 Å². The summed E-state index contributed by atoms with van der Waals surface area (Å²) >= 11 is 0. The second kappa shape index (κ2) is 5.19. The van der Waals surface area contributed by atoms with Gasteiger partial charge in [0.05, 0.1) is 0 Å². The molecule has 0 aliphatic heterocycles. The number of carbonyl (C=O) groups excluding carboxylic acids is 1. The van der Waals surface area contributed by atoms with Crippen LogP contribution < -0.4 is 0 Å². The van der Waals surface area contributed by atoms with Crippen LogP contribution in [0, 0.1) is 6.92 Å². The molecule has 1 nitrogen and oxygen atoms in total. The predicted octanol–water partition coefficient (Wildman–Crippen LogP) is 0.797. The number of carbonyl (C=O) groups is 1. The maximum atomic E-state index is 9.70. The minimum atomic E-state index is 0. The summed E-state index contributed by atoms with van der Waals surface area (Å²) in [5, 5.41) is 0. The summed E-state index contributed by atoms with van der Waals surface area (Å²) in [5.74, 6) is 0.00463. The van der Waals surface area contributed by atoms with Crippen molar-refractivity contribution in [3.63, 3.8) is 0 Å².